The number of aryl methyl sites for hydroxylation is 2. The molecule has 1 aliphatic rings. The maximum absolute atomic E-state index is 10.9. The van der Waals surface area contributed by atoms with Gasteiger partial charge in [-0.15, -0.1) is 0 Å². The lowest BCUT2D eigenvalue weighted by Crippen LogP contribution is -2.43. The van der Waals surface area contributed by atoms with Crippen LogP contribution >= 0.6 is 0 Å². The van der Waals surface area contributed by atoms with Crippen molar-refractivity contribution >= 4 is 35.4 Å². The van der Waals surface area contributed by atoms with E-state index in [9.17, 15) is 4.79 Å². The van der Waals surface area contributed by atoms with Crippen molar-refractivity contribution in [1.29, 1.82) is 5.41 Å². The average molecular weight is 645 g/mol. The second kappa shape index (κ2) is 22.4. The minimum Gasteiger partial charge on any atom is -0.388 e. The van der Waals surface area contributed by atoms with Crippen LogP contribution in [0.2, 0.25) is 0 Å². The number of likely N-dealkylation sites (N-methyl/N-ethyl adjacent to an activating group) is 1. The Hall–Kier alpha value is -4.08. The molecule has 2 aromatic carbocycles. The van der Waals surface area contributed by atoms with Crippen LogP contribution in [0.15, 0.2) is 48.8 Å². The smallest absolute Gasteiger partial charge is 0.150 e. The Bertz CT molecular complexity index is 1390. The average Bonchev–Trinajstić information content (AvgIpc) is 3.07. The Morgan fingerprint density at radius 3 is 2.21 bits per heavy atom. The molecule has 0 saturated carbocycles. The van der Waals surface area contributed by atoms with E-state index in [-0.39, 0.29) is 17.6 Å². The number of rotatable bonds is 10. The van der Waals surface area contributed by atoms with Crippen molar-refractivity contribution in [2.24, 2.45) is 0 Å². The molecule has 0 amide bonds. The van der Waals surface area contributed by atoms with Gasteiger partial charge in [-0.05, 0) is 81.3 Å². The normalized spacial score (nSPS) is 13.0. The molecule has 2 heterocycles. The summed E-state index contributed by atoms with van der Waals surface area (Å²) in [4.78, 5) is 24.0. The number of allylic oxidation sites excluding steroid dienone is 1. The number of benzene rings is 2. The van der Waals surface area contributed by atoms with Gasteiger partial charge in [0.1, 0.15) is 24.2 Å². The molecule has 0 radical (unpaired) electrons. The molecule has 0 spiro atoms. The summed E-state index contributed by atoms with van der Waals surface area (Å²) in [5, 5.41) is 14.7. The molecule has 4 rings (SSSR count). The number of nitrogens with one attached hydrogen (secondary N) is 3. The first-order valence-corrected chi connectivity index (χ1v) is 16.9. The number of nitrogens with two attached hydrogens (primary N) is 1. The molecule has 9 nitrogen and oxygen atoms in total. The van der Waals surface area contributed by atoms with Crippen molar-refractivity contribution in [3.63, 3.8) is 0 Å². The number of nitrogen functional groups attached to an aromatic ring is 1. The lowest BCUT2D eigenvalue weighted by Gasteiger charge is -2.32. The van der Waals surface area contributed by atoms with Crippen LogP contribution in [0.25, 0.3) is 6.08 Å². The Balaban J connectivity index is 0.000000418. The topological polar surface area (TPSA) is 123 Å². The van der Waals surface area contributed by atoms with Crippen LogP contribution < -0.4 is 16.4 Å². The monoisotopic (exact) mass is 644 g/mol. The van der Waals surface area contributed by atoms with Crippen LogP contribution in [0, 0.1) is 19.3 Å². The van der Waals surface area contributed by atoms with Crippen LogP contribution in [0.3, 0.4) is 0 Å². The molecule has 47 heavy (non-hydrogen) atoms. The lowest BCUT2D eigenvalue weighted by atomic mass is 10.0. The van der Waals surface area contributed by atoms with Crippen LogP contribution in [-0.2, 0) is 6.54 Å². The van der Waals surface area contributed by atoms with Crippen LogP contribution in [0.5, 0.6) is 0 Å². The number of carbonyl (C=O) groups excluding carboxylic acids is 1. The minimum absolute atomic E-state index is 0.154. The fourth-order valence-electron chi connectivity index (χ4n) is 4.49. The third-order valence-corrected chi connectivity index (χ3v) is 7.56. The summed E-state index contributed by atoms with van der Waals surface area (Å²) in [7, 11) is 4.17. The maximum Gasteiger partial charge on any atom is 0.150 e. The standard InChI is InChI=1S/C18H21N5O.C14H23N3.C4H10.C2H6/c1-11(2)23-18-16(17(20)21-10-22-18)15(19)7-6-14-8-13(9-24)5-4-12(14)3;1-12-10-14(15-2)5-4-13(12)11-17-8-6-16(3)7-9-17;1-3-4-2;1-2/h4-11,19H,1-3H3,(H3,20,21,22,23);4-5,10,15H,6-9,11H2,1-3H3;3-4H2,1-2H3;1-2H3. The molecule has 0 bridgehead atoms. The molecule has 1 aliphatic heterocycles. The molecule has 0 atom stereocenters. The molecule has 1 saturated heterocycles. The number of aldehydes is 1. The van der Waals surface area contributed by atoms with E-state index in [4.69, 9.17) is 11.1 Å². The van der Waals surface area contributed by atoms with Gasteiger partial charge in [0, 0.05) is 57.1 Å². The highest BCUT2D eigenvalue weighted by molar-refractivity contribution is 6.14. The van der Waals surface area contributed by atoms with Gasteiger partial charge >= 0.3 is 0 Å². The number of carbonyl (C=O) groups is 1. The van der Waals surface area contributed by atoms with Gasteiger partial charge < -0.3 is 21.3 Å². The van der Waals surface area contributed by atoms with E-state index in [0.29, 0.717) is 16.9 Å². The number of unbranched alkanes of at least 4 members (excludes halogenated alkanes) is 1. The number of nitrogens with zero attached hydrogens (tertiary/aromatic N) is 4. The molecule has 1 fully saturated rings. The number of anilines is 3. The predicted molar refractivity (Wildman–Crippen MR) is 203 cm³/mol. The van der Waals surface area contributed by atoms with Gasteiger partial charge in [-0.2, -0.15) is 0 Å². The highest BCUT2D eigenvalue weighted by Gasteiger charge is 2.15. The summed E-state index contributed by atoms with van der Waals surface area (Å²) in [5.41, 5.74) is 13.1. The van der Waals surface area contributed by atoms with Crippen molar-refractivity contribution in [3.05, 3.63) is 82.2 Å². The molecule has 258 valence electrons. The van der Waals surface area contributed by atoms with Gasteiger partial charge in [0.15, 0.2) is 0 Å². The fraction of sp³-hybridized carbons (Fsp3) is 0.474. The number of piperazine rings is 1. The van der Waals surface area contributed by atoms with Crippen molar-refractivity contribution in [1.82, 2.24) is 19.8 Å². The first kappa shape index (κ1) is 40.9. The van der Waals surface area contributed by atoms with Crippen LogP contribution in [-0.4, -0.2) is 78.1 Å². The summed E-state index contributed by atoms with van der Waals surface area (Å²) >= 11 is 0. The zero-order valence-electron chi connectivity index (χ0n) is 30.6. The highest BCUT2D eigenvalue weighted by atomic mass is 16.1. The summed E-state index contributed by atoms with van der Waals surface area (Å²) in [6.45, 7) is 22.3. The summed E-state index contributed by atoms with van der Waals surface area (Å²) < 4.78 is 0. The first-order valence-electron chi connectivity index (χ1n) is 16.9. The third-order valence-electron chi connectivity index (χ3n) is 7.56. The van der Waals surface area contributed by atoms with Gasteiger partial charge in [-0.1, -0.05) is 64.8 Å². The zero-order chi connectivity index (χ0) is 35.4. The number of aromatic nitrogens is 2. The highest BCUT2D eigenvalue weighted by Crippen LogP contribution is 2.21. The van der Waals surface area contributed by atoms with Crippen LogP contribution in [0.1, 0.15) is 92.6 Å². The third kappa shape index (κ3) is 14.5. The van der Waals surface area contributed by atoms with Gasteiger partial charge in [-0.25, -0.2) is 9.97 Å². The fourth-order valence-corrected chi connectivity index (χ4v) is 4.49. The largest absolute Gasteiger partial charge is 0.388 e. The molecule has 9 heteroatoms. The van der Waals surface area contributed by atoms with Gasteiger partial charge in [0.25, 0.3) is 0 Å². The van der Waals surface area contributed by atoms with Gasteiger partial charge in [0.2, 0.25) is 0 Å². The summed E-state index contributed by atoms with van der Waals surface area (Å²) in [5.74, 6) is 0.784. The van der Waals surface area contributed by atoms with E-state index in [1.54, 1.807) is 24.3 Å². The van der Waals surface area contributed by atoms with E-state index in [1.807, 2.05) is 47.7 Å². The Morgan fingerprint density at radius 2 is 1.66 bits per heavy atom. The van der Waals surface area contributed by atoms with E-state index in [1.165, 1.54) is 62.2 Å². The molecule has 5 N–H and O–H groups in total. The van der Waals surface area contributed by atoms with E-state index in [2.05, 4.69) is 76.4 Å². The van der Waals surface area contributed by atoms with Crippen LogP contribution in [0.4, 0.5) is 17.3 Å². The van der Waals surface area contributed by atoms with E-state index >= 15 is 0 Å². The lowest BCUT2D eigenvalue weighted by molar-refractivity contribution is 0.112. The molecule has 3 aromatic rings. The van der Waals surface area contributed by atoms with Crippen molar-refractivity contribution in [2.75, 3.05) is 56.6 Å². The predicted octanol–water partition coefficient (Wildman–Crippen LogP) is 7.70. The Kier molecular flexibility index (Phi) is 19.6. The SMILES string of the molecule is CC.CCCC.CNc1ccc(CN2CCN(C)CC2)c(C)c1.Cc1ccc(C=O)cc1C=CC(=N)c1c(N)ncnc1NC(C)C. The van der Waals surface area contributed by atoms with E-state index < -0.39 is 0 Å². The van der Waals surface area contributed by atoms with Gasteiger partial charge in [-0.3, -0.25) is 15.1 Å². The molecule has 1 aromatic heterocycles. The first-order chi connectivity index (χ1) is 22.5. The van der Waals surface area contributed by atoms with Gasteiger partial charge in [0.05, 0.1) is 11.3 Å². The second-order valence-electron chi connectivity index (χ2n) is 11.7. The molecular weight excluding hydrogens is 584 g/mol. The Morgan fingerprint density at radius 1 is 1.00 bits per heavy atom. The summed E-state index contributed by atoms with van der Waals surface area (Å²) in [6, 6.07) is 12.2. The molecule has 0 aliphatic carbocycles. The quantitative estimate of drug-likeness (QED) is 0.131. The summed E-state index contributed by atoms with van der Waals surface area (Å²) in [6.07, 6.45) is 8.24. The number of hydrogen-bond acceptors (Lipinski definition) is 9. The van der Waals surface area contributed by atoms with Crippen molar-refractivity contribution < 1.29 is 4.79 Å². The zero-order valence-corrected chi connectivity index (χ0v) is 30.6. The molecular formula is C38H60N8O. The Labute approximate surface area is 284 Å². The number of hydrogen-bond donors (Lipinski definition) is 4. The minimum atomic E-state index is 0.154. The molecule has 0 unspecified atom stereocenters. The second-order valence-corrected chi connectivity index (χ2v) is 11.7. The van der Waals surface area contributed by atoms with Crippen molar-refractivity contribution in [2.45, 2.75) is 80.8 Å². The van der Waals surface area contributed by atoms with Crippen molar-refractivity contribution in [3.8, 4) is 0 Å². The van der Waals surface area contributed by atoms with E-state index in [0.717, 1.165) is 24.0 Å². The maximum atomic E-state index is 10.9.